The van der Waals surface area contributed by atoms with Crippen molar-refractivity contribution in [1.82, 2.24) is 0 Å². The van der Waals surface area contributed by atoms with E-state index in [0.29, 0.717) is 22.6 Å². The summed E-state index contributed by atoms with van der Waals surface area (Å²) in [5.41, 5.74) is 7.09. The van der Waals surface area contributed by atoms with Gasteiger partial charge in [0, 0.05) is 11.1 Å². The summed E-state index contributed by atoms with van der Waals surface area (Å²) in [6, 6.07) is 7.46. The van der Waals surface area contributed by atoms with Gasteiger partial charge < -0.3 is 15.2 Å². The van der Waals surface area contributed by atoms with E-state index in [2.05, 4.69) is 15.9 Å². The predicted octanol–water partition coefficient (Wildman–Crippen LogP) is 4.31. The number of nitrogens with two attached hydrogens (primary N) is 1. The molecular formula is C15H14BrClFNO2. The Balaban J connectivity index is 2.56. The van der Waals surface area contributed by atoms with Crippen LogP contribution in [0.5, 0.6) is 11.5 Å². The molecule has 0 aliphatic rings. The molecule has 0 saturated heterocycles. The van der Waals surface area contributed by atoms with Crippen molar-refractivity contribution in [3.8, 4) is 11.5 Å². The maximum Gasteiger partial charge on any atom is 0.146 e. The lowest BCUT2D eigenvalue weighted by molar-refractivity contribution is 0.394. The van der Waals surface area contributed by atoms with Crippen LogP contribution in [0.15, 0.2) is 34.8 Å². The number of ether oxygens (including phenoxy) is 2. The summed E-state index contributed by atoms with van der Waals surface area (Å²) in [6.07, 6.45) is 0. The standard InChI is InChI=1S/C15H14BrClFNO2/c1-20-12-7-10(16)13(21-2)6-9(12)15(19)8-4-3-5-11(17)14(8)18/h3-7,15H,19H2,1-2H3. The minimum atomic E-state index is -0.722. The van der Waals surface area contributed by atoms with Crippen LogP contribution >= 0.6 is 27.5 Å². The van der Waals surface area contributed by atoms with Gasteiger partial charge >= 0.3 is 0 Å². The second-order valence-corrected chi connectivity index (χ2v) is 5.61. The first-order valence-electron chi connectivity index (χ1n) is 6.10. The lowest BCUT2D eigenvalue weighted by Crippen LogP contribution is -2.15. The van der Waals surface area contributed by atoms with Crippen molar-refractivity contribution < 1.29 is 13.9 Å². The van der Waals surface area contributed by atoms with Crippen molar-refractivity contribution >= 4 is 27.5 Å². The number of halogens is 3. The predicted molar refractivity (Wildman–Crippen MR) is 84.7 cm³/mol. The van der Waals surface area contributed by atoms with E-state index < -0.39 is 11.9 Å². The SMILES string of the molecule is COc1cc(C(N)c2cccc(Cl)c2F)c(OC)cc1Br. The maximum absolute atomic E-state index is 14.1. The van der Waals surface area contributed by atoms with Gasteiger partial charge in [-0.2, -0.15) is 0 Å². The Hall–Kier alpha value is -1.30. The van der Waals surface area contributed by atoms with Crippen molar-refractivity contribution in [2.75, 3.05) is 14.2 Å². The topological polar surface area (TPSA) is 44.5 Å². The van der Waals surface area contributed by atoms with E-state index in [9.17, 15) is 4.39 Å². The highest BCUT2D eigenvalue weighted by molar-refractivity contribution is 9.10. The van der Waals surface area contributed by atoms with E-state index in [1.54, 1.807) is 31.4 Å². The highest BCUT2D eigenvalue weighted by atomic mass is 79.9. The van der Waals surface area contributed by atoms with Gasteiger partial charge in [-0.1, -0.05) is 23.7 Å². The summed E-state index contributed by atoms with van der Waals surface area (Å²) in [6.45, 7) is 0. The molecule has 2 N–H and O–H groups in total. The molecule has 0 spiro atoms. The zero-order chi connectivity index (χ0) is 15.6. The van der Waals surface area contributed by atoms with Gasteiger partial charge in [0.05, 0.1) is 29.8 Å². The quantitative estimate of drug-likeness (QED) is 0.867. The molecule has 21 heavy (non-hydrogen) atoms. The van der Waals surface area contributed by atoms with Crippen molar-refractivity contribution in [3.63, 3.8) is 0 Å². The lowest BCUT2D eigenvalue weighted by atomic mass is 9.98. The zero-order valence-corrected chi connectivity index (χ0v) is 13.8. The summed E-state index contributed by atoms with van der Waals surface area (Å²) in [4.78, 5) is 0. The van der Waals surface area contributed by atoms with Crippen LogP contribution in [0.2, 0.25) is 5.02 Å². The Morgan fingerprint density at radius 3 is 2.43 bits per heavy atom. The Morgan fingerprint density at radius 2 is 1.81 bits per heavy atom. The average molecular weight is 375 g/mol. The largest absolute Gasteiger partial charge is 0.496 e. The molecule has 1 unspecified atom stereocenters. The summed E-state index contributed by atoms with van der Waals surface area (Å²) < 4.78 is 25.4. The van der Waals surface area contributed by atoms with Gasteiger partial charge in [0.1, 0.15) is 17.3 Å². The van der Waals surface area contributed by atoms with Gasteiger partial charge in [-0.25, -0.2) is 4.39 Å². The molecule has 0 aromatic heterocycles. The number of hydrogen-bond donors (Lipinski definition) is 1. The van der Waals surface area contributed by atoms with Crippen LogP contribution in [0, 0.1) is 5.82 Å². The molecule has 2 aromatic rings. The Labute approximate surface area is 135 Å². The smallest absolute Gasteiger partial charge is 0.146 e. The van der Waals surface area contributed by atoms with E-state index >= 15 is 0 Å². The minimum absolute atomic E-state index is 0.0333. The minimum Gasteiger partial charge on any atom is -0.496 e. The third-order valence-electron chi connectivity index (χ3n) is 3.16. The molecule has 3 nitrogen and oxygen atoms in total. The third kappa shape index (κ3) is 3.15. The molecule has 2 rings (SSSR count). The highest BCUT2D eigenvalue weighted by Gasteiger charge is 2.21. The zero-order valence-electron chi connectivity index (χ0n) is 11.5. The molecule has 0 heterocycles. The highest BCUT2D eigenvalue weighted by Crippen LogP contribution is 2.38. The van der Waals surface area contributed by atoms with Crippen molar-refractivity contribution in [2.45, 2.75) is 6.04 Å². The average Bonchev–Trinajstić information content (AvgIpc) is 2.49. The molecule has 112 valence electrons. The number of benzene rings is 2. The molecule has 0 aliphatic heterocycles. The van der Waals surface area contributed by atoms with E-state index in [1.807, 2.05) is 0 Å². The molecule has 0 saturated carbocycles. The van der Waals surface area contributed by atoms with Gasteiger partial charge in [-0.3, -0.25) is 0 Å². The van der Waals surface area contributed by atoms with Gasteiger partial charge in [-0.15, -0.1) is 0 Å². The van der Waals surface area contributed by atoms with Gasteiger partial charge in [0.2, 0.25) is 0 Å². The third-order valence-corrected chi connectivity index (χ3v) is 4.07. The number of rotatable bonds is 4. The fraction of sp³-hybridized carbons (Fsp3) is 0.200. The molecule has 1 atom stereocenters. The molecule has 0 fully saturated rings. The lowest BCUT2D eigenvalue weighted by Gasteiger charge is -2.19. The maximum atomic E-state index is 14.1. The summed E-state index contributed by atoms with van der Waals surface area (Å²) in [7, 11) is 3.07. The summed E-state index contributed by atoms with van der Waals surface area (Å²) in [5, 5.41) is 0.0333. The Kier molecular flexibility index (Phi) is 5.08. The monoisotopic (exact) mass is 373 g/mol. The van der Waals surface area contributed by atoms with Crippen molar-refractivity contribution in [2.24, 2.45) is 5.73 Å². The van der Waals surface area contributed by atoms with E-state index in [1.165, 1.54) is 13.2 Å². The van der Waals surface area contributed by atoms with Crippen LogP contribution < -0.4 is 15.2 Å². The second-order valence-electron chi connectivity index (χ2n) is 4.35. The first kappa shape index (κ1) is 16.1. The van der Waals surface area contributed by atoms with Crippen LogP contribution in [-0.4, -0.2) is 14.2 Å². The molecule has 6 heteroatoms. The fourth-order valence-corrected chi connectivity index (χ4v) is 2.72. The molecule has 0 bridgehead atoms. The number of hydrogen-bond acceptors (Lipinski definition) is 3. The van der Waals surface area contributed by atoms with Crippen LogP contribution in [-0.2, 0) is 0 Å². The molecular weight excluding hydrogens is 361 g/mol. The van der Waals surface area contributed by atoms with Crippen LogP contribution in [0.1, 0.15) is 17.2 Å². The first-order valence-corrected chi connectivity index (χ1v) is 7.27. The fourth-order valence-electron chi connectivity index (χ4n) is 2.06. The van der Waals surface area contributed by atoms with Crippen LogP contribution in [0.4, 0.5) is 4.39 Å². The van der Waals surface area contributed by atoms with E-state index in [4.69, 9.17) is 26.8 Å². The Bertz CT molecular complexity index is 666. The molecule has 0 aliphatic carbocycles. The van der Waals surface area contributed by atoms with Gasteiger partial charge in [0.15, 0.2) is 0 Å². The van der Waals surface area contributed by atoms with E-state index in [0.717, 1.165) is 4.47 Å². The summed E-state index contributed by atoms with van der Waals surface area (Å²) >= 11 is 9.18. The number of methoxy groups -OCH3 is 2. The van der Waals surface area contributed by atoms with Crippen molar-refractivity contribution in [3.05, 3.63) is 56.8 Å². The summed E-state index contributed by atoms with van der Waals surface area (Å²) in [5.74, 6) is 0.592. The Morgan fingerprint density at radius 1 is 1.14 bits per heavy atom. The first-order chi connectivity index (χ1) is 9.99. The van der Waals surface area contributed by atoms with Gasteiger partial charge in [0.25, 0.3) is 0 Å². The van der Waals surface area contributed by atoms with Gasteiger partial charge in [-0.05, 0) is 34.1 Å². The normalized spacial score (nSPS) is 12.1. The van der Waals surface area contributed by atoms with Crippen molar-refractivity contribution in [1.29, 1.82) is 0 Å². The molecule has 0 amide bonds. The van der Waals surface area contributed by atoms with Crippen LogP contribution in [0.25, 0.3) is 0 Å². The molecule has 2 aromatic carbocycles. The van der Waals surface area contributed by atoms with E-state index in [-0.39, 0.29) is 5.02 Å². The molecule has 0 radical (unpaired) electrons. The van der Waals surface area contributed by atoms with Crippen LogP contribution in [0.3, 0.4) is 0 Å². The second kappa shape index (κ2) is 6.64.